The maximum Gasteiger partial charge on any atom is 0.272 e. The Bertz CT molecular complexity index is 629. The van der Waals surface area contributed by atoms with Crippen LogP contribution in [0.5, 0.6) is 0 Å². The largest absolute Gasteiger partial charge is 0.309 e. The lowest BCUT2D eigenvalue weighted by Crippen LogP contribution is -2.12. The molecule has 0 atom stereocenters. The Labute approximate surface area is 126 Å². The summed E-state index contributed by atoms with van der Waals surface area (Å²) in [6, 6.07) is 13.4. The zero-order valence-electron chi connectivity index (χ0n) is 11.1. The normalized spacial score (nSPS) is 10.5. The summed E-state index contributed by atoms with van der Waals surface area (Å²) in [5.74, 6) is 0. The first-order chi connectivity index (χ1) is 9.56. The van der Waals surface area contributed by atoms with Crippen molar-refractivity contribution in [1.82, 2.24) is 5.32 Å². The Morgan fingerprint density at radius 2 is 1.85 bits per heavy atom. The second-order valence-corrected chi connectivity index (χ2v) is 5.53. The molecule has 0 aliphatic heterocycles. The minimum atomic E-state index is -0.340. The van der Waals surface area contributed by atoms with Crippen LogP contribution in [0, 0.1) is 17.0 Å². The quantitative estimate of drug-likeness (QED) is 0.665. The molecule has 20 heavy (non-hydrogen) atoms. The highest BCUT2D eigenvalue weighted by Crippen LogP contribution is 2.19. The van der Waals surface area contributed by atoms with Gasteiger partial charge in [0.15, 0.2) is 0 Å². The first-order valence-corrected chi connectivity index (χ1v) is 7.04. The van der Waals surface area contributed by atoms with E-state index in [0.717, 1.165) is 16.6 Å². The van der Waals surface area contributed by atoms with Gasteiger partial charge in [-0.25, -0.2) is 0 Å². The molecule has 2 rings (SSSR count). The molecule has 0 saturated heterocycles. The van der Waals surface area contributed by atoms with Crippen LogP contribution in [0.1, 0.15) is 16.7 Å². The third kappa shape index (κ3) is 3.88. The Kier molecular flexibility index (Phi) is 4.87. The highest BCUT2D eigenvalue weighted by molar-refractivity contribution is 9.10. The van der Waals surface area contributed by atoms with E-state index >= 15 is 0 Å². The fourth-order valence-corrected chi connectivity index (χ4v) is 2.41. The number of rotatable bonds is 5. The van der Waals surface area contributed by atoms with Crippen LogP contribution in [0.25, 0.3) is 0 Å². The van der Waals surface area contributed by atoms with Crippen molar-refractivity contribution >= 4 is 21.6 Å². The zero-order valence-corrected chi connectivity index (χ0v) is 12.7. The van der Waals surface area contributed by atoms with Crippen molar-refractivity contribution in [3.8, 4) is 0 Å². The van der Waals surface area contributed by atoms with E-state index in [1.54, 1.807) is 19.1 Å². The van der Waals surface area contributed by atoms with Crippen molar-refractivity contribution in [2.24, 2.45) is 0 Å². The summed E-state index contributed by atoms with van der Waals surface area (Å²) in [6.45, 7) is 3.07. The Morgan fingerprint density at radius 3 is 2.50 bits per heavy atom. The van der Waals surface area contributed by atoms with Crippen molar-refractivity contribution < 1.29 is 4.92 Å². The third-order valence-corrected chi connectivity index (χ3v) is 3.51. The lowest BCUT2D eigenvalue weighted by molar-refractivity contribution is -0.385. The van der Waals surface area contributed by atoms with Gasteiger partial charge in [0, 0.05) is 29.2 Å². The van der Waals surface area contributed by atoms with E-state index in [9.17, 15) is 10.1 Å². The maximum absolute atomic E-state index is 10.9. The van der Waals surface area contributed by atoms with Crippen LogP contribution in [0.3, 0.4) is 0 Å². The highest BCUT2D eigenvalue weighted by atomic mass is 79.9. The highest BCUT2D eigenvalue weighted by Gasteiger charge is 2.10. The van der Waals surface area contributed by atoms with E-state index in [2.05, 4.69) is 21.2 Å². The molecule has 2 aromatic rings. The summed E-state index contributed by atoms with van der Waals surface area (Å²) in [7, 11) is 0. The second-order valence-electron chi connectivity index (χ2n) is 4.61. The minimum absolute atomic E-state index is 0.173. The second kappa shape index (κ2) is 6.63. The van der Waals surface area contributed by atoms with Crippen LogP contribution >= 0.6 is 15.9 Å². The first-order valence-electron chi connectivity index (χ1n) is 6.25. The molecular weight excluding hydrogens is 320 g/mol. The molecule has 0 unspecified atom stereocenters. The molecule has 0 aliphatic carbocycles. The van der Waals surface area contributed by atoms with E-state index in [1.165, 1.54) is 5.56 Å². The average Bonchev–Trinajstić information content (AvgIpc) is 2.40. The molecule has 0 bridgehead atoms. The number of nitrogens with one attached hydrogen (secondary N) is 1. The fraction of sp³-hybridized carbons (Fsp3) is 0.200. The predicted octanol–water partition coefficient (Wildman–Crippen LogP) is 3.96. The lowest BCUT2D eigenvalue weighted by Gasteiger charge is -2.06. The molecule has 0 amide bonds. The average molecular weight is 335 g/mol. The molecule has 0 saturated carbocycles. The summed E-state index contributed by atoms with van der Waals surface area (Å²) in [6.07, 6.45) is 0. The van der Waals surface area contributed by atoms with Crippen LogP contribution in [-0.4, -0.2) is 4.92 Å². The first kappa shape index (κ1) is 14.7. The number of hydrogen-bond acceptors (Lipinski definition) is 3. The summed E-state index contributed by atoms with van der Waals surface area (Å²) >= 11 is 3.43. The van der Waals surface area contributed by atoms with Crippen LogP contribution in [-0.2, 0) is 13.1 Å². The molecule has 0 fully saturated rings. The number of aryl methyl sites for hydroxylation is 1. The summed E-state index contributed by atoms with van der Waals surface area (Å²) in [5.41, 5.74) is 2.94. The summed E-state index contributed by atoms with van der Waals surface area (Å²) in [4.78, 5) is 10.5. The van der Waals surface area contributed by atoms with Gasteiger partial charge in [-0.15, -0.1) is 0 Å². The van der Waals surface area contributed by atoms with Gasteiger partial charge in [0.2, 0.25) is 0 Å². The smallest absolute Gasteiger partial charge is 0.272 e. The van der Waals surface area contributed by atoms with Crippen molar-refractivity contribution in [2.45, 2.75) is 20.0 Å². The number of nitro benzene ring substituents is 1. The van der Waals surface area contributed by atoms with Crippen LogP contribution in [0.2, 0.25) is 0 Å². The standard InChI is InChI=1S/C15H15BrN2O2/c1-11-5-6-13(8-15(11)18(19)20)10-17-9-12-3-2-4-14(16)7-12/h2-8,17H,9-10H2,1H3. The Hall–Kier alpha value is -1.72. The molecule has 0 aliphatic rings. The Morgan fingerprint density at radius 1 is 1.15 bits per heavy atom. The molecule has 1 N–H and O–H groups in total. The topological polar surface area (TPSA) is 55.2 Å². The van der Waals surface area contributed by atoms with Gasteiger partial charge in [-0.3, -0.25) is 10.1 Å². The number of nitro groups is 1. The van der Waals surface area contributed by atoms with Crippen molar-refractivity contribution in [3.05, 3.63) is 73.7 Å². The van der Waals surface area contributed by atoms with E-state index in [1.807, 2.05) is 30.3 Å². The molecule has 5 heteroatoms. The van der Waals surface area contributed by atoms with Crippen LogP contribution < -0.4 is 5.32 Å². The zero-order chi connectivity index (χ0) is 14.5. The summed E-state index contributed by atoms with van der Waals surface area (Å²) in [5, 5.41) is 14.2. The molecular formula is C15H15BrN2O2. The molecule has 0 spiro atoms. The van der Waals surface area contributed by atoms with E-state index < -0.39 is 0 Å². The predicted molar refractivity (Wildman–Crippen MR) is 82.5 cm³/mol. The van der Waals surface area contributed by atoms with Gasteiger partial charge in [-0.05, 0) is 30.2 Å². The lowest BCUT2D eigenvalue weighted by atomic mass is 10.1. The van der Waals surface area contributed by atoms with Gasteiger partial charge in [0.25, 0.3) is 5.69 Å². The van der Waals surface area contributed by atoms with Crippen molar-refractivity contribution in [1.29, 1.82) is 0 Å². The van der Waals surface area contributed by atoms with E-state index in [0.29, 0.717) is 12.1 Å². The third-order valence-electron chi connectivity index (χ3n) is 3.02. The Balaban J connectivity index is 1.97. The van der Waals surface area contributed by atoms with Gasteiger partial charge in [0.05, 0.1) is 4.92 Å². The number of hydrogen-bond donors (Lipinski definition) is 1. The monoisotopic (exact) mass is 334 g/mol. The van der Waals surface area contributed by atoms with Crippen molar-refractivity contribution in [3.63, 3.8) is 0 Å². The molecule has 104 valence electrons. The van der Waals surface area contributed by atoms with Gasteiger partial charge in [0.1, 0.15) is 0 Å². The van der Waals surface area contributed by atoms with Gasteiger partial charge in [-0.2, -0.15) is 0 Å². The van der Waals surface area contributed by atoms with E-state index in [-0.39, 0.29) is 10.6 Å². The van der Waals surface area contributed by atoms with Crippen LogP contribution in [0.4, 0.5) is 5.69 Å². The summed E-state index contributed by atoms with van der Waals surface area (Å²) < 4.78 is 1.04. The van der Waals surface area contributed by atoms with Crippen molar-refractivity contribution in [2.75, 3.05) is 0 Å². The van der Waals surface area contributed by atoms with E-state index in [4.69, 9.17) is 0 Å². The SMILES string of the molecule is Cc1ccc(CNCc2cccc(Br)c2)cc1[N+](=O)[O-]. The van der Waals surface area contributed by atoms with Gasteiger partial charge in [-0.1, -0.05) is 40.2 Å². The molecule has 0 radical (unpaired) electrons. The number of nitrogens with zero attached hydrogens (tertiary/aromatic N) is 1. The molecule has 2 aromatic carbocycles. The molecule has 0 heterocycles. The van der Waals surface area contributed by atoms with Gasteiger partial charge >= 0.3 is 0 Å². The maximum atomic E-state index is 10.9. The van der Waals surface area contributed by atoms with Gasteiger partial charge < -0.3 is 5.32 Å². The number of halogens is 1. The molecule has 0 aromatic heterocycles. The number of benzene rings is 2. The van der Waals surface area contributed by atoms with Crippen LogP contribution in [0.15, 0.2) is 46.9 Å². The molecule has 4 nitrogen and oxygen atoms in total. The minimum Gasteiger partial charge on any atom is -0.309 e. The fourth-order valence-electron chi connectivity index (χ4n) is 1.96.